The van der Waals surface area contributed by atoms with Crippen molar-refractivity contribution >= 4 is 99.9 Å². The van der Waals surface area contributed by atoms with Crippen molar-refractivity contribution in [2.75, 3.05) is 9.80 Å². The van der Waals surface area contributed by atoms with E-state index in [2.05, 4.69) is 273 Å². The number of hydrogen-bond acceptors (Lipinski definition) is 5. The van der Waals surface area contributed by atoms with E-state index < -0.39 is 0 Å². The van der Waals surface area contributed by atoms with Crippen LogP contribution in [0.4, 0.5) is 34.1 Å². The van der Waals surface area contributed by atoms with Gasteiger partial charge in [-0.1, -0.05) is 154 Å². The van der Waals surface area contributed by atoms with E-state index in [0.717, 1.165) is 99.9 Å². The van der Waals surface area contributed by atoms with E-state index in [9.17, 15) is 0 Å². The zero-order valence-electron chi connectivity index (χ0n) is 46.6. The lowest BCUT2D eigenvalue weighted by atomic mass is 9.82. The average Bonchev–Trinajstić information content (AvgIpc) is 3.91. The van der Waals surface area contributed by atoms with Crippen molar-refractivity contribution < 1.29 is 13.3 Å². The molecule has 3 aromatic heterocycles. The first kappa shape index (κ1) is 47.4. The SMILES string of the molecule is CC(C)(C)c1ccc(N(c2ccc3c(c2)C(C)(C)c2ccccc2-3)c2ccc3c(c2)oc2ccc4c(oc5ccc6oc7cc(N(c8ccc(C(C)(C)C)cc8)c8ccc9c(c8)C(C)(C)c8ccccc8-9)ccc7c6c54)c23)cc1. The van der Waals surface area contributed by atoms with Gasteiger partial charge < -0.3 is 23.1 Å². The molecule has 2 aliphatic rings. The number of hydrogen-bond donors (Lipinski definition) is 0. The Balaban J connectivity index is 0.852. The Morgan fingerprint density at radius 3 is 1.14 bits per heavy atom. The summed E-state index contributed by atoms with van der Waals surface area (Å²) in [5.41, 5.74) is 24.2. The maximum Gasteiger partial charge on any atom is 0.147 e. The molecule has 0 amide bonds. The molecule has 0 spiro atoms. The molecule has 5 heteroatoms. The summed E-state index contributed by atoms with van der Waals surface area (Å²) in [5.74, 6) is 0. The fourth-order valence-electron chi connectivity index (χ4n) is 13.5. The Morgan fingerprint density at radius 1 is 0.304 bits per heavy atom. The van der Waals surface area contributed by atoms with Gasteiger partial charge in [-0.3, -0.25) is 0 Å². The van der Waals surface area contributed by atoms with Crippen molar-refractivity contribution in [3.63, 3.8) is 0 Å². The van der Waals surface area contributed by atoms with Gasteiger partial charge in [0, 0.05) is 84.0 Å². The first-order chi connectivity index (χ1) is 37.9. The summed E-state index contributed by atoms with van der Waals surface area (Å²) in [7, 11) is 0. The van der Waals surface area contributed by atoms with Gasteiger partial charge in [0.05, 0.1) is 5.39 Å². The molecular weight excluding hydrogens is 965 g/mol. The standard InChI is InChI=1S/C74H62N2O3/c1-71(2,3)43-19-23-45(24-20-43)75(47-27-31-53-51-15-11-13-17-58(51)73(7,8)60(53)39-47)49-29-33-55-65(41-49)77-62-37-38-63-68(67(55)62)57-35-36-64-69(70(57)79-63)56-34-30-50(42-66(56)78-64)76(46-25-21-44(22-26-46)72(4,5)6)48-28-32-54-52-16-12-14-18-59(52)74(9,10)61(54)40-48/h11-42H,1-10H3. The lowest BCUT2D eigenvalue weighted by Crippen LogP contribution is -2.17. The van der Waals surface area contributed by atoms with Crippen LogP contribution in [0.1, 0.15) is 103 Å². The minimum absolute atomic E-state index is 0.0271. The second-order valence-corrected chi connectivity index (χ2v) is 25.4. The molecule has 0 unspecified atom stereocenters. The van der Waals surface area contributed by atoms with Crippen LogP contribution in [0, 0.1) is 0 Å². The highest BCUT2D eigenvalue weighted by atomic mass is 16.3. The lowest BCUT2D eigenvalue weighted by molar-refractivity contribution is 0.590. The molecule has 0 N–H and O–H groups in total. The summed E-state index contributed by atoms with van der Waals surface area (Å²) in [4.78, 5) is 4.75. The van der Waals surface area contributed by atoms with Gasteiger partial charge in [0.1, 0.15) is 33.5 Å². The minimum Gasteiger partial charge on any atom is -0.456 e. The van der Waals surface area contributed by atoms with Gasteiger partial charge in [-0.2, -0.15) is 0 Å². The van der Waals surface area contributed by atoms with Gasteiger partial charge >= 0.3 is 0 Å². The van der Waals surface area contributed by atoms with E-state index in [0.29, 0.717) is 0 Å². The van der Waals surface area contributed by atoms with Crippen LogP contribution in [0.3, 0.4) is 0 Å². The van der Waals surface area contributed by atoms with Crippen molar-refractivity contribution in [1.29, 1.82) is 0 Å². The van der Waals surface area contributed by atoms with Crippen LogP contribution in [-0.4, -0.2) is 0 Å². The maximum absolute atomic E-state index is 6.97. The van der Waals surface area contributed by atoms with Crippen LogP contribution in [-0.2, 0) is 21.7 Å². The number of benzene rings is 10. The number of fused-ring (bicyclic) bond motifs is 17. The third kappa shape index (κ3) is 7.01. The molecular formula is C74H62N2O3. The zero-order chi connectivity index (χ0) is 54.1. The molecule has 79 heavy (non-hydrogen) atoms. The molecule has 3 heterocycles. The summed E-state index contributed by atoms with van der Waals surface area (Å²) in [6.07, 6.45) is 0. The van der Waals surface area contributed by atoms with Gasteiger partial charge in [-0.25, -0.2) is 0 Å². The van der Waals surface area contributed by atoms with Gasteiger partial charge in [0.2, 0.25) is 0 Å². The molecule has 15 rings (SSSR count). The van der Waals surface area contributed by atoms with Crippen LogP contribution in [0.25, 0.3) is 88.1 Å². The normalized spacial score (nSPS) is 14.4. The van der Waals surface area contributed by atoms with Crippen molar-refractivity contribution in [3.05, 3.63) is 228 Å². The molecule has 386 valence electrons. The molecule has 0 atom stereocenters. The first-order valence-corrected chi connectivity index (χ1v) is 27.9. The molecule has 0 saturated heterocycles. The predicted octanol–water partition coefficient (Wildman–Crippen LogP) is 21.5. The Morgan fingerprint density at radius 2 is 0.658 bits per heavy atom. The fourth-order valence-corrected chi connectivity index (χ4v) is 13.5. The zero-order valence-corrected chi connectivity index (χ0v) is 46.6. The van der Waals surface area contributed by atoms with E-state index in [1.165, 1.54) is 55.6 Å². The van der Waals surface area contributed by atoms with Gasteiger partial charge in [0.25, 0.3) is 0 Å². The summed E-state index contributed by atoms with van der Waals surface area (Å²) >= 11 is 0. The van der Waals surface area contributed by atoms with Gasteiger partial charge in [0.15, 0.2) is 0 Å². The highest BCUT2D eigenvalue weighted by molar-refractivity contribution is 6.30. The third-order valence-corrected chi connectivity index (χ3v) is 17.8. The average molecular weight is 1030 g/mol. The number of rotatable bonds is 6. The Bertz CT molecular complexity index is 4680. The van der Waals surface area contributed by atoms with E-state index in [4.69, 9.17) is 13.3 Å². The van der Waals surface area contributed by atoms with E-state index in [-0.39, 0.29) is 21.7 Å². The highest BCUT2D eigenvalue weighted by Crippen LogP contribution is 2.54. The van der Waals surface area contributed by atoms with Crippen LogP contribution >= 0.6 is 0 Å². The van der Waals surface area contributed by atoms with Crippen molar-refractivity contribution in [3.8, 4) is 22.3 Å². The largest absolute Gasteiger partial charge is 0.456 e. The first-order valence-electron chi connectivity index (χ1n) is 27.9. The van der Waals surface area contributed by atoms with Crippen molar-refractivity contribution in [2.24, 2.45) is 0 Å². The molecule has 5 nitrogen and oxygen atoms in total. The minimum atomic E-state index is -0.142. The number of anilines is 6. The summed E-state index contributed by atoms with van der Waals surface area (Å²) in [5, 5.41) is 6.11. The molecule has 0 fully saturated rings. The maximum atomic E-state index is 6.97. The molecule has 2 aliphatic carbocycles. The summed E-state index contributed by atoms with van der Waals surface area (Å²) < 4.78 is 20.7. The lowest BCUT2D eigenvalue weighted by Gasteiger charge is -2.29. The van der Waals surface area contributed by atoms with Crippen LogP contribution in [0.15, 0.2) is 207 Å². The second-order valence-electron chi connectivity index (χ2n) is 25.4. The molecule has 0 bridgehead atoms. The monoisotopic (exact) mass is 1030 g/mol. The summed E-state index contributed by atoms with van der Waals surface area (Å²) in [6, 6.07) is 71.4. The molecule has 0 saturated carbocycles. The Labute approximate surface area is 461 Å². The van der Waals surface area contributed by atoms with E-state index in [1.54, 1.807) is 0 Å². The highest BCUT2D eigenvalue weighted by Gasteiger charge is 2.38. The molecule has 0 aliphatic heterocycles. The quantitative estimate of drug-likeness (QED) is 0.166. The van der Waals surface area contributed by atoms with Gasteiger partial charge in [-0.15, -0.1) is 0 Å². The predicted molar refractivity (Wildman–Crippen MR) is 330 cm³/mol. The molecule has 0 radical (unpaired) electrons. The van der Waals surface area contributed by atoms with Gasteiger partial charge in [-0.05, 0) is 164 Å². The molecule has 10 aromatic carbocycles. The molecule has 13 aromatic rings. The van der Waals surface area contributed by atoms with Crippen molar-refractivity contribution in [1.82, 2.24) is 0 Å². The van der Waals surface area contributed by atoms with E-state index >= 15 is 0 Å². The second kappa shape index (κ2) is 16.4. The summed E-state index contributed by atoms with van der Waals surface area (Å²) in [6.45, 7) is 23.0. The van der Waals surface area contributed by atoms with E-state index in [1.807, 2.05) is 0 Å². The third-order valence-electron chi connectivity index (χ3n) is 17.8. The van der Waals surface area contributed by atoms with Crippen molar-refractivity contribution in [2.45, 2.75) is 90.9 Å². The topological polar surface area (TPSA) is 45.9 Å². The fraction of sp³-hybridized carbons (Fsp3) is 0.189. The Hall–Kier alpha value is -8.80. The van der Waals surface area contributed by atoms with Crippen LogP contribution in [0.2, 0.25) is 0 Å². The van der Waals surface area contributed by atoms with Crippen LogP contribution < -0.4 is 9.80 Å². The Kier molecular flexibility index (Phi) is 9.83. The smallest absolute Gasteiger partial charge is 0.147 e. The number of furan rings is 3. The number of nitrogens with zero attached hydrogens (tertiary/aromatic N) is 2. The van der Waals surface area contributed by atoms with Crippen LogP contribution in [0.5, 0.6) is 0 Å².